The first-order valence-corrected chi connectivity index (χ1v) is 3.12. The second-order valence-corrected chi connectivity index (χ2v) is 2.72. The minimum atomic E-state index is -2.83. The Kier molecular flexibility index (Phi) is 0.983. The zero-order chi connectivity index (χ0) is 8.11. The Balaban J connectivity index is 2.33. The Morgan fingerprint density at radius 3 is 2.64 bits per heavy atom. The van der Waals surface area contributed by atoms with Gasteiger partial charge in [-0.15, -0.1) is 0 Å². The highest BCUT2D eigenvalue weighted by Crippen LogP contribution is 2.57. The topological polar surface area (TPSA) is 52.0 Å². The molecule has 0 aromatic carbocycles. The molecule has 1 aliphatic carbocycles. The Bertz CT molecular complexity index is 272. The van der Waals surface area contributed by atoms with Gasteiger partial charge in [0.2, 0.25) is 0 Å². The van der Waals surface area contributed by atoms with E-state index in [0.29, 0.717) is 0 Å². The number of halogens is 2. The first-order valence-electron chi connectivity index (χ1n) is 3.12. The highest BCUT2D eigenvalue weighted by Gasteiger charge is 2.72. The van der Waals surface area contributed by atoms with Crippen molar-refractivity contribution in [2.75, 3.05) is 0 Å². The molecule has 60 valence electrons. The molecular weight excluding hydrogens is 154 g/mol. The molecule has 0 spiro atoms. The van der Waals surface area contributed by atoms with Crippen LogP contribution in [0, 0.1) is 0 Å². The van der Waals surface area contributed by atoms with Crippen LogP contribution in [0.5, 0.6) is 0 Å². The molecule has 1 aromatic rings. The van der Waals surface area contributed by atoms with Gasteiger partial charge in [0, 0.05) is 6.42 Å². The van der Waals surface area contributed by atoms with Crippen molar-refractivity contribution in [3.8, 4) is 0 Å². The van der Waals surface area contributed by atoms with Crippen molar-refractivity contribution in [3.05, 3.63) is 18.4 Å². The van der Waals surface area contributed by atoms with Crippen molar-refractivity contribution in [2.24, 2.45) is 5.73 Å². The molecule has 2 N–H and O–H groups in total. The predicted molar refractivity (Wildman–Crippen MR) is 31.9 cm³/mol. The number of hydrogen-bond donors (Lipinski definition) is 1. The third-order valence-corrected chi connectivity index (χ3v) is 1.90. The zero-order valence-electron chi connectivity index (χ0n) is 5.55. The van der Waals surface area contributed by atoms with Crippen LogP contribution in [0.3, 0.4) is 0 Å². The van der Waals surface area contributed by atoms with Crippen molar-refractivity contribution in [2.45, 2.75) is 17.9 Å². The van der Waals surface area contributed by atoms with Gasteiger partial charge in [0.15, 0.2) is 6.39 Å². The van der Waals surface area contributed by atoms with Crippen LogP contribution in [-0.4, -0.2) is 10.9 Å². The number of oxazole rings is 1. The van der Waals surface area contributed by atoms with Crippen molar-refractivity contribution >= 4 is 0 Å². The standard InChI is InChI=1S/C6H6F2N2O/c7-6(8)2-5(6,9)4-1-10-3-11-4/h1,3H,2,9H2. The third kappa shape index (κ3) is 0.712. The highest BCUT2D eigenvalue weighted by molar-refractivity contribution is 5.26. The van der Waals surface area contributed by atoms with Gasteiger partial charge in [-0.1, -0.05) is 0 Å². The van der Waals surface area contributed by atoms with Crippen LogP contribution in [0.15, 0.2) is 17.0 Å². The van der Waals surface area contributed by atoms with Gasteiger partial charge >= 0.3 is 0 Å². The smallest absolute Gasteiger partial charge is 0.275 e. The van der Waals surface area contributed by atoms with Crippen molar-refractivity contribution in [3.63, 3.8) is 0 Å². The Morgan fingerprint density at radius 2 is 2.27 bits per heavy atom. The minimum Gasteiger partial charge on any atom is -0.446 e. The fourth-order valence-corrected chi connectivity index (χ4v) is 1.01. The van der Waals surface area contributed by atoms with E-state index in [2.05, 4.69) is 9.40 Å². The van der Waals surface area contributed by atoms with Crippen LogP contribution in [0.2, 0.25) is 0 Å². The van der Waals surface area contributed by atoms with Crippen LogP contribution < -0.4 is 5.73 Å². The molecule has 1 saturated carbocycles. The molecular formula is C6H6F2N2O. The summed E-state index contributed by atoms with van der Waals surface area (Å²) in [6.45, 7) is 0. The summed E-state index contributed by atoms with van der Waals surface area (Å²) in [5.74, 6) is -2.77. The summed E-state index contributed by atoms with van der Waals surface area (Å²) in [7, 11) is 0. The second kappa shape index (κ2) is 1.61. The van der Waals surface area contributed by atoms with Gasteiger partial charge in [0.05, 0.1) is 6.20 Å². The monoisotopic (exact) mass is 160 g/mol. The number of alkyl halides is 2. The van der Waals surface area contributed by atoms with Crippen molar-refractivity contribution in [1.82, 2.24) is 4.98 Å². The van der Waals surface area contributed by atoms with Gasteiger partial charge in [-0.3, -0.25) is 0 Å². The summed E-state index contributed by atoms with van der Waals surface area (Å²) in [5.41, 5.74) is 3.71. The summed E-state index contributed by atoms with van der Waals surface area (Å²) < 4.78 is 29.7. The minimum absolute atomic E-state index is 0.0579. The van der Waals surface area contributed by atoms with Gasteiger partial charge in [-0.05, 0) is 0 Å². The fourth-order valence-electron chi connectivity index (χ4n) is 1.01. The van der Waals surface area contributed by atoms with E-state index in [0.717, 1.165) is 6.39 Å². The lowest BCUT2D eigenvalue weighted by Gasteiger charge is -2.03. The SMILES string of the molecule is NC1(c2cnco2)CC1(F)F. The summed E-state index contributed by atoms with van der Waals surface area (Å²) in [4.78, 5) is 3.51. The lowest BCUT2D eigenvalue weighted by molar-refractivity contribution is 0.0834. The normalized spacial score (nSPS) is 33.7. The average molecular weight is 160 g/mol. The second-order valence-electron chi connectivity index (χ2n) is 2.72. The molecule has 1 fully saturated rings. The fraction of sp³-hybridized carbons (Fsp3) is 0.500. The lowest BCUT2D eigenvalue weighted by atomic mass is 10.2. The molecule has 0 amide bonds. The molecule has 0 saturated heterocycles. The van der Waals surface area contributed by atoms with Gasteiger partial charge in [-0.2, -0.15) is 0 Å². The number of nitrogens with two attached hydrogens (primary N) is 1. The summed E-state index contributed by atoms with van der Waals surface area (Å²) in [6.07, 6.45) is 1.97. The molecule has 5 heteroatoms. The summed E-state index contributed by atoms with van der Waals surface area (Å²) in [5, 5.41) is 0. The van der Waals surface area contributed by atoms with E-state index in [9.17, 15) is 8.78 Å². The molecule has 0 radical (unpaired) electrons. The Morgan fingerprint density at radius 1 is 1.64 bits per heavy atom. The maximum Gasteiger partial charge on any atom is 0.275 e. The van der Waals surface area contributed by atoms with E-state index in [4.69, 9.17) is 5.73 Å². The van der Waals surface area contributed by atoms with E-state index in [1.54, 1.807) is 0 Å². The number of rotatable bonds is 1. The van der Waals surface area contributed by atoms with E-state index in [1.807, 2.05) is 0 Å². The molecule has 1 unspecified atom stereocenters. The van der Waals surface area contributed by atoms with Crippen LogP contribution in [-0.2, 0) is 5.54 Å². The molecule has 0 bridgehead atoms. The van der Waals surface area contributed by atoms with Crippen molar-refractivity contribution in [1.29, 1.82) is 0 Å². The molecule has 2 rings (SSSR count). The first kappa shape index (κ1) is 6.72. The van der Waals surface area contributed by atoms with Crippen LogP contribution in [0.25, 0.3) is 0 Å². The Hall–Kier alpha value is -0.970. The molecule has 1 aromatic heterocycles. The maximum atomic E-state index is 12.5. The van der Waals surface area contributed by atoms with E-state index < -0.39 is 11.5 Å². The number of aromatic nitrogens is 1. The molecule has 11 heavy (non-hydrogen) atoms. The Labute approximate surface area is 61.2 Å². The predicted octanol–water partition coefficient (Wildman–Crippen LogP) is 0.868. The molecule has 1 aliphatic rings. The van der Waals surface area contributed by atoms with E-state index >= 15 is 0 Å². The maximum absolute atomic E-state index is 12.5. The van der Waals surface area contributed by atoms with E-state index in [-0.39, 0.29) is 12.2 Å². The average Bonchev–Trinajstić information content (AvgIpc) is 2.36. The molecule has 1 atom stereocenters. The van der Waals surface area contributed by atoms with Crippen molar-refractivity contribution < 1.29 is 13.2 Å². The molecule has 1 heterocycles. The first-order chi connectivity index (χ1) is 5.06. The van der Waals surface area contributed by atoms with E-state index in [1.165, 1.54) is 6.20 Å². The van der Waals surface area contributed by atoms with Crippen LogP contribution in [0.1, 0.15) is 12.2 Å². The highest BCUT2D eigenvalue weighted by atomic mass is 19.3. The van der Waals surface area contributed by atoms with Crippen LogP contribution >= 0.6 is 0 Å². The molecule has 0 aliphatic heterocycles. The summed E-state index contributed by atoms with van der Waals surface area (Å²) in [6, 6.07) is 0. The largest absolute Gasteiger partial charge is 0.446 e. The van der Waals surface area contributed by atoms with Crippen LogP contribution in [0.4, 0.5) is 8.78 Å². The van der Waals surface area contributed by atoms with Gasteiger partial charge in [0.25, 0.3) is 5.92 Å². The summed E-state index contributed by atoms with van der Waals surface area (Å²) >= 11 is 0. The lowest BCUT2D eigenvalue weighted by Crippen LogP contribution is -2.26. The quantitative estimate of drug-likeness (QED) is 0.663. The molecule has 3 nitrogen and oxygen atoms in total. The zero-order valence-corrected chi connectivity index (χ0v) is 5.55. The van der Waals surface area contributed by atoms with Gasteiger partial charge in [0.1, 0.15) is 11.3 Å². The third-order valence-electron chi connectivity index (χ3n) is 1.90. The van der Waals surface area contributed by atoms with Gasteiger partial charge in [-0.25, -0.2) is 13.8 Å². The number of hydrogen-bond acceptors (Lipinski definition) is 3. The number of nitrogens with zero attached hydrogens (tertiary/aromatic N) is 1. The van der Waals surface area contributed by atoms with Gasteiger partial charge < -0.3 is 10.2 Å².